The third kappa shape index (κ3) is 4.63. The molecular formula is C23H29F3N4O. The smallest absolute Gasteiger partial charge is 0.342 e. The molecule has 0 spiro atoms. The molecule has 3 heterocycles. The first-order chi connectivity index (χ1) is 14.7. The first-order valence-corrected chi connectivity index (χ1v) is 11.0. The molecule has 31 heavy (non-hydrogen) atoms. The molecular weight excluding hydrogens is 405 g/mol. The summed E-state index contributed by atoms with van der Waals surface area (Å²) in [4.78, 5) is 17.4. The van der Waals surface area contributed by atoms with Gasteiger partial charge in [0.1, 0.15) is 0 Å². The van der Waals surface area contributed by atoms with Gasteiger partial charge in [0.15, 0.2) is 0 Å². The number of hydrogen-bond acceptors (Lipinski definition) is 3. The van der Waals surface area contributed by atoms with Crippen LogP contribution in [0.3, 0.4) is 0 Å². The van der Waals surface area contributed by atoms with Gasteiger partial charge in [0.05, 0.1) is 23.4 Å². The van der Waals surface area contributed by atoms with E-state index in [-0.39, 0.29) is 12.3 Å². The van der Waals surface area contributed by atoms with Gasteiger partial charge < -0.3 is 9.80 Å². The summed E-state index contributed by atoms with van der Waals surface area (Å²) in [6.07, 6.45) is 0.374. The van der Waals surface area contributed by atoms with Gasteiger partial charge in [-0.25, -0.2) is 4.68 Å². The molecule has 168 valence electrons. The molecule has 1 aromatic carbocycles. The fraction of sp³-hybridized carbons (Fsp3) is 0.565. The van der Waals surface area contributed by atoms with Crippen molar-refractivity contribution in [1.29, 1.82) is 0 Å². The maximum absolute atomic E-state index is 13.1. The minimum atomic E-state index is -4.41. The molecule has 4 rings (SSSR count). The summed E-state index contributed by atoms with van der Waals surface area (Å²) in [5.74, 6) is 0.0645. The van der Waals surface area contributed by atoms with Crippen molar-refractivity contribution in [2.45, 2.75) is 58.2 Å². The Morgan fingerprint density at radius 2 is 1.77 bits per heavy atom. The largest absolute Gasteiger partial charge is 0.416 e. The molecule has 1 amide bonds. The number of carbonyl (C=O) groups excluding carboxylic acids is 1. The highest BCUT2D eigenvalue weighted by atomic mass is 19.4. The standard InChI is InChI=1S/C23H29F3N4O/c1-16-21(15-22(31)29-12-8-19(9-13-29)28-10-3-4-11-28)17(2)30(27-16)20-7-5-6-18(14-20)23(24,25)26/h5-7,14,19H,3-4,8-13,15H2,1-2H3. The van der Waals surface area contributed by atoms with E-state index in [1.54, 1.807) is 13.0 Å². The van der Waals surface area contributed by atoms with E-state index in [1.807, 2.05) is 11.8 Å². The van der Waals surface area contributed by atoms with Crippen molar-refractivity contribution >= 4 is 5.91 Å². The van der Waals surface area contributed by atoms with Crippen molar-refractivity contribution in [3.8, 4) is 5.69 Å². The number of piperidine rings is 1. The van der Waals surface area contributed by atoms with Crippen LogP contribution < -0.4 is 0 Å². The Bertz CT molecular complexity index is 939. The number of benzene rings is 1. The van der Waals surface area contributed by atoms with Crippen molar-refractivity contribution < 1.29 is 18.0 Å². The van der Waals surface area contributed by atoms with E-state index in [0.717, 1.165) is 43.6 Å². The Balaban J connectivity index is 1.45. The van der Waals surface area contributed by atoms with Crippen molar-refractivity contribution in [3.05, 3.63) is 46.8 Å². The first-order valence-electron chi connectivity index (χ1n) is 11.0. The zero-order chi connectivity index (χ0) is 22.2. The van der Waals surface area contributed by atoms with Gasteiger partial charge in [-0.05, 0) is 70.8 Å². The number of amides is 1. The van der Waals surface area contributed by atoms with E-state index in [9.17, 15) is 18.0 Å². The SMILES string of the molecule is Cc1nn(-c2cccc(C(F)(F)F)c2)c(C)c1CC(=O)N1CCC(N2CCCC2)CC1. The highest BCUT2D eigenvalue weighted by Crippen LogP contribution is 2.31. The number of carbonyl (C=O) groups is 1. The van der Waals surface area contributed by atoms with Crippen LogP contribution in [0.4, 0.5) is 13.2 Å². The van der Waals surface area contributed by atoms with Gasteiger partial charge in [-0.1, -0.05) is 6.07 Å². The van der Waals surface area contributed by atoms with E-state index < -0.39 is 11.7 Å². The molecule has 5 nitrogen and oxygen atoms in total. The third-order valence-corrected chi connectivity index (χ3v) is 6.66. The van der Waals surface area contributed by atoms with Crippen LogP contribution in [0.25, 0.3) is 5.69 Å². The Kier molecular flexibility index (Phi) is 6.10. The van der Waals surface area contributed by atoms with Gasteiger partial charge in [0.25, 0.3) is 0 Å². The molecule has 8 heteroatoms. The Labute approximate surface area is 180 Å². The van der Waals surface area contributed by atoms with Gasteiger partial charge >= 0.3 is 6.18 Å². The number of halogens is 3. The maximum Gasteiger partial charge on any atom is 0.416 e. The Morgan fingerprint density at radius 3 is 2.42 bits per heavy atom. The molecule has 2 aliphatic rings. The molecule has 2 aromatic rings. The number of likely N-dealkylation sites (tertiary alicyclic amines) is 2. The van der Waals surface area contributed by atoms with Gasteiger partial charge in [0, 0.05) is 30.4 Å². The molecule has 0 saturated carbocycles. The third-order valence-electron chi connectivity index (χ3n) is 6.66. The summed E-state index contributed by atoms with van der Waals surface area (Å²) in [5, 5.41) is 4.44. The molecule has 0 N–H and O–H groups in total. The summed E-state index contributed by atoms with van der Waals surface area (Å²) in [5.41, 5.74) is 1.81. The summed E-state index contributed by atoms with van der Waals surface area (Å²) in [7, 11) is 0. The van der Waals surface area contributed by atoms with Crippen molar-refractivity contribution in [1.82, 2.24) is 19.6 Å². The number of rotatable bonds is 4. The lowest BCUT2D eigenvalue weighted by Crippen LogP contribution is -2.46. The minimum Gasteiger partial charge on any atom is -0.342 e. The molecule has 0 aliphatic carbocycles. The maximum atomic E-state index is 13.1. The number of aromatic nitrogens is 2. The number of nitrogens with zero attached hydrogens (tertiary/aromatic N) is 4. The Morgan fingerprint density at radius 1 is 1.10 bits per heavy atom. The van der Waals surface area contributed by atoms with E-state index in [0.29, 0.717) is 23.1 Å². The van der Waals surface area contributed by atoms with Gasteiger partial charge in [0.2, 0.25) is 5.91 Å². The molecule has 2 fully saturated rings. The highest BCUT2D eigenvalue weighted by molar-refractivity contribution is 5.79. The molecule has 0 radical (unpaired) electrons. The second kappa shape index (κ2) is 8.65. The predicted molar refractivity (Wildman–Crippen MR) is 112 cm³/mol. The van der Waals surface area contributed by atoms with Crippen LogP contribution in [0.2, 0.25) is 0 Å². The van der Waals surface area contributed by atoms with Crippen molar-refractivity contribution in [2.24, 2.45) is 0 Å². The van der Waals surface area contributed by atoms with Crippen LogP contribution in [0.1, 0.15) is 48.2 Å². The van der Waals surface area contributed by atoms with Gasteiger partial charge in [-0.3, -0.25) is 4.79 Å². The van der Waals surface area contributed by atoms with E-state index in [1.165, 1.54) is 36.7 Å². The van der Waals surface area contributed by atoms with E-state index in [2.05, 4.69) is 10.00 Å². The molecule has 0 unspecified atom stereocenters. The summed E-state index contributed by atoms with van der Waals surface area (Å²) in [6, 6.07) is 5.70. The second-order valence-corrected chi connectivity index (χ2v) is 8.64. The number of hydrogen-bond donors (Lipinski definition) is 0. The van der Waals surface area contributed by atoms with E-state index >= 15 is 0 Å². The Hall–Kier alpha value is -2.35. The van der Waals surface area contributed by atoms with Crippen molar-refractivity contribution in [2.75, 3.05) is 26.2 Å². The van der Waals surface area contributed by atoms with Crippen molar-refractivity contribution in [3.63, 3.8) is 0 Å². The van der Waals surface area contributed by atoms with Crippen LogP contribution in [0, 0.1) is 13.8 Å². The van der Waals surface area contributed by atoms with E-state index in [4.69, 9.17) is 0 Å². The quantitative estimate of drug-likeness (QED) is 0.727. The average molecular weight is 435 g/mol. The van der Waals surface area contributed by atoms with Crippen LogP contribution in [0.5, 0.6) is 0 Å². The van der Waals surface area contributed by atoms with Crippen LogP contribution in [-0.4, -0.2) is 57.7 Å². The lowest BCUT2D eigenvalue weighted by atomic mass is 10.0. The summed E-state index contributed by atoms with van der Waals surface area (Å²) < 4.78 is 40.8. The fourth-order valence-corrected chi connectivity index (χ4v) is 4.85. The molecule has 0 bridgehead atoms. The zero-order valence-electron chi connectivity index (χ0n) is 18.1. The number of aryl methyl sites for hydroxylation is 1. The predicted octanol–water partition coefficient (Wildman–Crippen LogP) is 4.14. The van der Waals surface area contributed by atoms with Crippen LogP contribution in [-0.2, 0) is 17.4 Å². The fourth-order valence-electron chi connectivity index (χ4n) is 4.85. The molecule has 0 atom stereocenters. The lowest BCUT2D eigenvalue weighted by Gasteiger charge is -2.36. The summed E-state index contributed by atoms with van der Waals surface area (Å²) >= 11 is 0. The van der Waals surface area contributed by atoms with Crippen LogP contribution >= 0.6 is 0 Å². The summed E-state index contributed by atoms with van der Waals surface area (Å²) in [6.45, 7) is 7.49. The topological polar surface area (TPSA) is 41.4 Å². The normalized spacial score (nSPS) is 18.7. The second-order valence-electron chi connectivity index (χ2n) is 8.64. The molecule has 2 saturated heterocycles. The molecule has 2 aliphatic heterocycles. The lowest BCUT2D eigenvalue weighted by molar-refractivity contribution is -0.137. The van der Waals surface area contributed by atoms with Gasteiger partial charge in [-0.2, -0.15) is 18.3 Å². The monoisotopic (exact) mass is 434 g/mol. The zero-order valence-corrected chi connectivity index (χ0v) is 18.1. The highest BCUT2D eigenvalue weighted by Gasteiger charge is 2.31. The first kappa shape index (κ1) is 21.9. The van der Waals surface area contributed by atoms with Gasteiger partial charge in [-0.15, -0.1) is 0 Å². The average Bonchev–Trinajstić information content (AvgIpc) is 3.38. The number of alkyl halides is 3. The van der Waals surface area contributed by atoms with Crippen LogP contribution in [0.15, 0.2) is 24.3 Å². The molecule has 1 aromatic heterocycles. The minimum absolute atomic E-state index is 0.0645.